The van der Waals surface area contributed by atoms with Gasteiger partial charge in [0.15, 0.2) is 11.5 Å². The number of benzene rings is 4. The fourth-order valence-corrected chi connectivity index (χ4v) is 3.49. The summed E-state index contributed by atoms with van der Waals surface area (Å²) < 4.78 is 16.8. The van der Waals surface area contributed by atoms with Crippen LogP contribution in [0.25, 0.3) is 10.8 Å². The summed E-state index contributed by atoms with van der Waals surface area (Å²) in [5.74, 6) is 1.49. The molecule has 0 spiro atoms. The van der Waals surface area contributed by atoms with Gasteiger partial charge in [-0.15, -0.1) is 0 Å². The number of fused-ring (bicyclic) bond motifs is 1. The Labute approximate surface area is 192 Å². The van der Waals surface area contributed by atoms with Crippen LogP contribution in [0.15, 0.2) is 90.0 Å². The van der Waals surface area contributed by atoms with Gasteiger partial charge in [0.2, 0.25) is 0 Å². The van der Waals surface area contributed by atoms with Gasteiger partial charge in [-0.05, 0) is 52.7 Å². The Bertz CT molecular complexity index is 1280. The maximum Gasteiger partial charge on any atom is 0.271 e. The monoisotopic (exact) mass is 440 g/mol. The third-order valence-electron chi connectivity index (χ3n) is 5.20. The minimum atomic E-state index is -0.324. The lowest BCUT2D eigenvalue weighted by Crippen LogP contribution is -2.17. The van der Waals surface area contributed by atoms with E-state index in [-0.39, 0.29) is 5.91 Å². The number of amides is 1. The second-order valence-corrected chi connectivity index (χ2v) is 7.23. The molecule has 0 unspecified atom stereocenters. The fraction of sp³-hybridized carbons (Fsp3) is 0.111. The fourth-order valence-electron chi connectivity index (χ4n) is 3.49. The molecule has 0 radical (unpaired) electrons. The lowest BCUT2D eigenvalue weighted by molar-refractivity contribution is 0.0955. The molecule has 0 fully saturated rings. The third-order valence-corrected chi connectivity index (χ3v) is 5.20. The first-order chi connectivity index (χ1) is 16.2. The number of hydrazone groups is 1. The van der Waals surface area contributed by atoms with E-state index < -0.39 is 0 Å². The number of hydrogen-bond donors (Lipinski definition) is 1. The number of nitrogens with zero attached hydrogens (tertiary/aromatic N) is 1. The lowest BCUT2D eigenvalue weighted by Gasteiger charge is -2.14. The highest BCUT2D eigenvalue weighted by atomic mass is 16.5. The van der Waals surface area contributed by atoms with Gasteiger partial charge in [-0.2, -0.15) is 5.10 Å². The van der Waals surface area contributed by atoms with Crippen LogP contribution in [0.2, 0.25) is 0 Å². The first-order valence-corrected chi connectivity index (χ1v) is 10.4. The molecule has 0 saturated heterocycles. The number of methoxy groups -OCH3 is 2. The SMILES string of the molecule is COc1ccc(C(=O)NN=Cc2cccc(OC)c2OCc2cccc3ccccc23)cc1. The van der Waals surface area contributed by atoms with Crippen LogP contribution in [0.4, 0.5) is 0 Å². The van der Waals surface area contributed by atoms with Crippen LogP contribution < -0.4 is 19.6 Å². The molecule has 0 heterocycles. The Balaban J connectivity index is 1.51. The van der Waals surface area contributed by atoms with Crippen molar-refractivity contribution in [3.05, 3.63) is 102 Å². The number of nitrogens with one attached hydrogen (secondary N) is 1. The topological polar surface area (TPSA) is 69.2 Å². The maximum atomic E-state index is 12.4. The van der Waals surface area contributed by atoms with Gasteiger partial charge < -0.3 is 14.2 Å². The van der Waals surface area contributed by atoms with E-state index in [1.54, 1.807) is 44.7 Å². The zero-order valence-corrected chi connectivity index (χ0v) is 18.4. The standard InChI is InChI=1S/C27H24N2O4/c1-31-23-15-13-20(14-16-23)27(30)29-28-17-21-9-6-12-25(32-2)26(21)33-18-22-10-5-8-19-7-3-4-11-24(19)22/h3-17H,18H2,1-2H3,(H,29,30). The highest BCUT2D eigenvalue weighted by Gasteiger charge is 2.11. The van der Waals surface area contributed by atoms with Crippen LogP contribution in [-0.4, -0.2) is 26.3 Å². The van der Waals surface area contributed by atoms with Crippen molar-refractivity contribution in [1.82, 2.24) is 5.43 Å². The van der Waals surface area contributed by atoms with Crippen molar-refractivity contribution in [3.63, 3.8) is 0 Å². The van der Waals surface area contributed by atoms with Gasteiger partial charge in [-0.1, -0.05) is 48.5 Å². The second-order valence-electron chi connectivity index (χ2n) is 7.23. The Morgan fingerprint density at radius 1 is 0.879 bits per heavy atom. The quantitative estimate of drug-likeness (QED) is 0.302. The predicted molar refractivity (Wildman–Crippen MR) is 129 cm³/mol. The minimum absolute atomic E-state index is 0.324. The molecular formula is C27H24N2O4. The van der Waals surface area contributed by atoms with E-state index in [1.165, 1.54) is 0 Å². The van der Waals surface area contributed by atoms with Crippen molar-refractivity contribution in [1.29, 1.82) is 0 Å². The Hall–Kier alpha value is -4.32. The number of para-hydroxylation sites is 1. The third kappa shape index (κ3) is 5.13. The molecule has 0 aliphatic rings. The smallest absolute Gasteiger partial charge is 0.271 e. The number of carbonyl (C=O) groups excluding carboxylic acids is 1. The first kappa shape index (κ1) is 21.9. The van der Waals surface area contributed by atoms with Crippen molar-refractivity contribution >= 4 is 22.9 Å². The molecule has 0 aromatic heterocycles. The first-order valence-electron chi connectivity index (χ1n) is 10.4. The van der Waals surface area contributed by atoms with Crippen LogP contribution in [0.3, 0.4) is 0 Å². The lowest BCUT2D eigenvalue weighted by atomic mass is 10.1. The molecule has 1 amide bonds. The maximum absolute atomic E-state index is 12.4. The number of hydrogen-bond acceptors (Lipinski definition) is 5. The summed E-state index contributed by atoms with van der Waals surface area (Å²) in [4.78, 5) is 12.4. The zero-order valence-electron chi connectivity index (χ0n) is 18.4. The molecule has 0 saturated carbocycles. The van der Waals surface area contributed by atoms with Crippen molar-refractivity contribution in [2.75, 3.05) is 14.2 Å². The van der Waals surface area contributed by atoms with E-state index in [2.05, 4.69) is 28.7 Å². The van der Waals surface area contributed by atoms with E-state index >= 15 is 0 Å². The Morgan fingerprint density at radius 2 is 1.64 bits per heavy atom. The van der Waals surface area contributed by atoms with Gasteiger partial charge in [0, 0.05) is 11.1 Å². The zero-order chi connectivity index (χ0) is 23.0. The van der Waals surface area contributed by atoms with Gasteiger partial charge in [0.1, 0.15) is 12.4 Å². The number of ether oxygens (including phenoxy) is 3. The van der Waals surface area contributed by atoms with Crippen molar-refractivity contribution in [2.24, 2.45) is 5.10 Å². The number of carbonyl (C=O) groups is 1. The predicted octanol–water partition coefficient (Wildman–Crippen LogP) is 5.20. The summed E-state index contributed by atoms with van der Waals surface area (Å²) in [5, 5.41) is 6.40. The molecule has 0 aliphatic heterocycles. The van der Waals surface area contributed by atoms with Crippen LogP contribution in [0.1, 0.15) is 21.5 Å². The van der Waals surface area contributed by atoms with E-state index in [0.29, 0.717) is 35.0 Å². The summed E-state index contributed by atoms with van der Waals surface area (Å²) in [6.07, 6.45) is 1.54. The van der Waals surface area contributed by atoms with E-state index in [9.17, 15) is 4.79 Å². The molecule has 4 aromatic rings. The van der Waals surface area contributed by atoms with Crippen LogP contribution in [-0.2, 0) is 6.61 Å². The molecule has 6 heteroatoms. The molecule has 6 nitrogen and oxygen atoms in total. The molecule has 1 N–H and O–H groups in total. The summed E-state index contributed by atoms with van der Waals surface area (Å²) in [6.45, 7) is 0.362. The van der Waals surface area contributed by atoms with Crippen LogP contribution in [0, 0.1) is 0 Å². The molecule has 4 rings (SSSR count). The van der Waals surface area contributed by atoms with Gasteiger partial charge in [0.05, 0.1) is 20.4 Å². The Morgan fingerprint density at radius 3 is 2.42 bits per heavy atom. The van der Waals surface area contributed by atoms with E-state index in [0.717, 1.165) is 16.3 Å². The Kier molecular flexibility index (Phi) is 6.85. The summed E-state index contributed by atoms with van der Waals surface area (Å²) in [7, 11) is 3.17. The highest BCUT2D eigenvalue weighted by Crippen LogP contribution is 2.31. The average Bonchev–Trinajstić information content (AvgIpc) is 2.87. The van der Waals surface area contributed by atoms with Crippen LogP contribution in [0.5, 0.6) is 17.2 Å². The molecule has 0 atom stereocenters. The molecular weight excluding hydrogens is 416 g/mol. The number of rotatable bonds is 8. The average molecular weight is 440 g/mol. The summed E-state index contributed by atoms with van der Waals surface area (Å²) in [5.41, 5.74) is 4.77. The van der Waals surface area contributed by atoms with Crippen LogP contribution >= 0.6 is 0 Å². The molecule has 166 valence electrons. The van der Waals surface area contributed by atoms with Gasteiger partial charge in [0.25, 0.3) is 5.91 Å². The minimum Gasteiger partial charge on any atom is -0.497 e. The molecule has 4 aromatic carbocycles. The normalized spacial score (nSPS) is 10.8. The largest absolute Gasteiger partial charge is 0.497 e. The summed E-state index contributed by atoms with van der Waals surface area (Å²) in [6, 6.07) is 26.6. The summed E-state index contributed by atoms with van der Waals surface area (Å²) >= 11 is 0. The molecule has 0 aliphatic carbocycles. The van der Waals surface area contributed by atoms with E-state index in [4.69, 9.17) is 14.2 Å². The molecule has 0 bridgehead atoms. The van der Waals surface area contributed by atoms with Crippen molar-refractivity contribution in [2.45, 2.75) is 6.61 Å². The van der Waals surface area contributed by atoms with Gasteiger partial charge in [-0.3, -0.25) is 4.79 Å². The van der Waals surface area contributed by atoms with Crippen molar-refractivity contribution in [3.8, 4) is 17.2 Å². The van der Waals surface area contributed by atoms with Gasteiger partial charge in [-0.25, -0.2) is 5.43 Å². The van der Waals surface area contributed by atoms with Crippen molar-refractivity contribution < 1.29 is 19.0 Å². The highest BCUT2D eigenvalue weighted by molar-refractivity contribution is 5.95. The molecule has 33 heavy (non-hydrogen) atoms. The van der Waals surface area contributed by atoms with Gasteiger partial charge >= 0.3 is 0 Å². The van der Waals surface area contributed by atoms with E-state index in [1.807, 2.05) is 42.5 Å². The second kappa shape index (κ2) is 10.3.